The lowest BCUT2D eigenvalue weighted by atomic mass is 9.90. The number of aliphatic hydroxyl groups excluding tert-OH is 1. The second kappa shape index (κ2) is 12.7. The molecule has 1 heterocycles. The first-order chi connectivity index (χ1) is 16.7. The van der Waals surface area contributed by atoms with Crippen LogP contribution in [0.2, 0.25) is 0 Å². The first-order valence-electron chi connectivity index (χ1n) is 12.8. The van der Waals surface area contributed by atoms with Crippen molar-refractivity contribution in [1.82, 2.24) is 5.32 Å². The summed E-state index contributed by atoms with van der Waals surface area (Å²) in [5, 5.41) is 22.3. The van der Waals surface area contributed by atoms with Gasteiger partial charge in [-0.05, 0) is 79.2 Å². The number of rotatable bonds is 12. The van der Waals surface area contributed by atoms with E-state index in [1.807, 2.05) is 40.7 Å². The topological polar surface area (TPSA) is 95.9 Å². The standard InChI is InChI=1S/C29H43NO5S/c1-9-21(23-15-19(5)26(36-23)27(32)30-25(17(2)3)28(33)34)12-10-20-11-13-22(18(4)14-20)35-16-24(31)29(6,7)8/h11,13-15,17,21,24-25,31H,9-10,12,16H2,1-8H3,(H,30,32)(H,33,34). The van der Waals surface area contributed by atoms with Crippen LogP contribution < -0.4 is 10.1 Å². The first-order valence-corrected chi connectivity index (χ1v) is 13.6. The summed E-state index contributed by atoms with van der Waals surface area (Å²) >= 11 is 1.47. The molecule has 0 spiro atoms. The Morgan fingerprint density at radius 1 is 1.11 bits per heavy atom. The van der Waals surface area contributed by atoms with Crippen molar-refractivity contribution in [2.75, 3.05) is 6.61 Å². The molecule has 2 aromatic rings. The molecule has 1 amide bonds. The number of amides is 1. The van der Waals surface area contributed by atoms with Crippen molar-refractivity contribution in [3.8, 4) is 5.75 Å². The Morgan fingerprint density at radius 3 is 2.31 bits per heavy atom. The summed E-state index contributed by atoms with van der Waals surface area (Å²) in [4.78, 5) is 26.1. The molecule has 0 saturated heterocycles. The van der Waals surface area contributed by atoms with E-state index < -0.39 is 18.1 Å². The lowest BCUT2D eigenvalue weighted by Gasteiger charge is -2.26. The SMILES string of the molecule is CCC(CCc1ccc(OCC(O)C(C)(C)C)c(C)c1)c1cc(C)c(C(=O)NC(C(=O)O)C(C)C)s1. The number of aliphatic carboxylic acids is 1. The molecule has 36 heavy (non-hydrogen) atoms. The summed E-state index contributed by atoms with van der Waals surface area (Å²) < 4.78 is 5.87. The lowest BCUT2D eigenvalue weighted by Crippen LogP contribution is -2.44. The molecule has 0 bridgehead atoms. The molecule has 0 aliphatic heterocycles. The van der Waals surface area contributed by atoms with Crippen LogP contribution in [-0.2, 0) is 11.2 Å². The molecular formula is C29H43NO5S. The van der Waals surface area contributed by atoms with Crippen molar-refractivity contribution >= 4 is 23.2 Å². The van der Waals surface area contributed by atoms with E-state index in [-0.39, 0.29) is 23.8 Å². The molecule has 0 fully saturated rings. The molecule has 7 heteroatoms. The Balaban J connectivity index is 2.05. The van der Waals surface area contributed by atoms with Gasteiger partial charge in [0.15, 0.2) is 0 Å². The number of carboxylic acids is 1. The molecule has 0 saturated carbocycles. The van der Waals surface area contributed by atoms with E-state index in [9.17, 15) is 19.8 Å². The molecule has 6 nitrogen and oxygen atoms in total. The van der Waals surface area contributed by atoms with Gasteiger partial charge < -0.3 is 20.3 Å². The number of ether oxygens (including phenoxy) is 1. The monoisotopic (exact) mass is 517 g/mol. The third-order valence-corrected chi connectivity index (χ3v) is 8.07. The third kappa shape index (κ3) is 8.07. The summed E-state index contributed by atoms with van der Waals surface area (Å²) in [6.07, 6.45) is 2.26. The van der Waals surface area contributed by atoms with E-state index in [1.165, 1.54) is 16.9 Å². The lowest BCUT2D eigenvalue weighted by molar-refractivity contribution is -0.140. The third-order valence-electron chi connectivity index (χ3n) is 6.67. The maximum atomic E-state index is 12.8. The van der Waals surface area contributed by atoms with Crippen LogP contribution in [0.15, 0.2) is 24.3 Å². The van der Waals surface area contributed by atoms with Gasteiger partial charge in [-0.25, -0.2) is 4.79 Å². The second-order valence-electron chi connectivity index (χ2n) is 11.1. The van der Waals surface area contributed by atoms with Gasteiger partial charge in [0.2, 0.25) is 0 Å². The van der Waals surface area contributed by atoms with Crippen molar-refractivity contribution in [2.24, 2.45) is 11.3 Å². The van der Waals surface area contributed by atoms with Crippen molar-refractivity contribution in [1.29, 1.82) is 0 Å². The Kier molecular flexibility index (Phi) is 10.6. The Hall–Kier alpha value is -2.38. The molecule has 0 radical (unpaired) electrons. The highest BCUT2D eigenvalue weighted by Crippen LogP contribution is 2.34. The molecule has 3 atom stereocenters. The summed E-state index contributed by atoms with van der Waals surface area (Å²) in [6, 6.07) is 7.36. The zero-order valence-electron chi connectivity index (χ0n) is 23.0. The van der Waals surface area contributed by atoms with Gasteiger partial charge in [0.25, 0.3) is 5.91 Å². The van der Waals surface area contributed by atoms with Crippen molar-refractivity contribution in [2.45, 2.75) is 92.7 Å². The minimum Gasteiger partial charge on any atom is -0.491 e. The number of carbonyl (C=O) groups excluding carboxylic acids is 1. The van der Waals surface area contributed by atoms with E-state index in [0.717, 1.165) is 41.0 Å². The number of hydrogen-bond acceptors (Lipinski definition) is 5. The van der Waals surface area contributed by atoms with Crippen LogP contribution in [0.4, 0.5) is 0 Å². The molecule has 0 aliphatic rings. The van der Waals surface area contributed by atoms with Gasteiger partial charge in [0.1, 0.15) is 18.4 Å². The number of benzene rings is 1. The average molecular weight is 518 g/mol. The molecule has 3 unspecified atom stereocenters. The number of thiophene rings is 1. The van der Waals surface area contributed by atoms with Crippen LogP contribution in [-0.4, -0.2) is 40.8 Å². The summed E-state index contributed by atoms with van der Waals surface area (Å²) in [5.74, 6) is -0.425. The van der Waals surface area contributed by atoms with Crippen LogP contribution in [0.1, 0.15) is 91.5 Å². The number of aryl methyl sites for hydroxylation is 3. The van der Waals surface area contributed by atoms with E-state index in [0.29, 0.717) is 10.8 Å². The first kappa shape index (κ1) is 29.8. The van der Waals surface area contributed by atoms with E-state index in [1.54, 1.807) is 13.8 Å². The highest BCUT2D eigenvalue weighted by molar-refractivity contribution is 7.14. The van der Waals surface area contributed by atoms with E-state index in [4.69, 9.17) is 4.74 Å². The largest absolute Gasteiger partial charge is 0.491 e. The Morgan fingerprint density at radius 2 is 1.78 bits per heavy atom. The molecule has 2 rings (SSSR count). The maximum Gasteiger partial charge on any atom is 0.326 e. The van der Waals surface area contributed by atoms with Crippen LogP contribution >= 0.6 is 11.3 Å². The number of aliphatic hydroxyl groups is 1. The normalized spacial score (nSPS) is 14.4. The van der Waals surface area contributed by atoms with E-state index >= 15 is 0 Å². The van der Waals surface area contributed by atoms with Crippen molar-refractivity contribution in [3.63, 3.8) is 0 Å². The smallest absolute Gasteiger partial charge is 0.326 e. The predicted octanol–water partition coefficient (Wildman–Crippen LogP) is 6.12. The zero-order chi connectivity index (χ0) is 27.2. The molecule has 1 aromatic heterocycles. The second-order valence-corrected chi connectivity index (χ2v) is 12.2. The molecule has 0 aliphatic carbocycles. The van der Waals surface area contributed by atoms with Gasteiger partial charge in [-0.15, -0.1) is 11.3 Å². The van der Waals surface area contributed by atoms with Crippen LogP contribution in [0.25, 0.3) is 0 Å². The highest BCUT2D eigenvalue weighted by atomic mass is 32.1. The summed E-state index contributed by atoms with van der Waals surface area (Å²) in [5.41, 5.74) is 2.93. The number of carbonyl (C=O) groups is 2. The van der Waals surface area contributed by atoms with Crippen LogP contribution in [0, 0.1) is 25.2 Å². The Labute approximate surface area is 220 Å². The summed E-state index contributed by atoms with van der Waals surface area (Å²) in [6.45, 7) is 15.9. The van der Waals surface area contributed by atoms with Crippen LogP contribution in [0.5, 0.6) is 5.75 Å². The fraction of sp³-hybridized carbons (Fsp3) is 0.586. The fourth-order valence-corrected chi connectivity index (χ4v) is 5.28. The van der Waals surface area contributed by atoms with E-state index in [2.05, 4.69) is 30.4 Å². The Bertz CT molecular complexity index is 1040. The van der Waals surface area contributed by atoms with Gasteiger partial charge in [-0.3, -0.25) is 4.79 Å². The average Bonchev–Trinajstić information content (AvgIpc) is 3.17. The minimum atomic E-state index is -1.02. The molecule has 200 valence electrons. The zero-order valence-corrected chi connectivity index (χ0v) is 23.8. The van der Waals surface area contributed by atoms with Crippen molar-refractivity contribution in [3.05, 3.63) is 50.7 Å². The number of nitrogens with one attached hydrogen (secondary N) is 1. The van der Waals surface area contributed by atoms with Gasteiger partial charge >= 0.3 is 5.97 Å². The quantitative estimate of drug-likeness (QED) is 0.315. The highest BCUT2D eigenvalue weighted by Gasteiger charge is 2.26. The van der Waals surface area contributed by atoms with Gasteiger partial charge in [0, 0.05) is 4.88 Å². The molecule has 1 aromatic carbocycles. The maximum absolute atomic E-state index is 12.8. The van der Waals surface area contributed by atoms with Crippen LogP contribution in [0.3, 0.4) is 0 Å². The molecular weight excluding hydrogens is 474 g/mol. The minimum absolute atomic E-state index is 0.196. The van der Waals surface area contributed by atoms with Crippen molar-refractivity contribution < 1.29 is 24.5 Å². The van der Waals surface area contributed by atoms with Gasteiger partial charge in [-0.1, -0.05) is 53.7 Å². The summed E-state index contributed by atoms with van der Waals surface area (Å²) in [7, 11) is 0. The van der Waals surface area contributed by atoms with Gasteiger partial charge in [0.05, 0.1) is 11.0 Å². The molecule has 3 N–H and O–H groups in total. The fourth-order valence-electron chi connectivity index (χ4n) is 3.99. The number of hydrogen-bond donors (Lipinski definition) is 3. The number of carboxylic acid groups (broad SMARTS) is 1. The van der Waals surface area contributed by atoms with Gasteiger partial charge in [-0.2, -0.15) is 0 Å². The predicted molar refractivity (Wildman–Crippen MR) is 146 cm³/mol.